The van der Waals surface area contributed by atoms with Crippen LogP contribution in [0.4, 0.5) is 0 Å². The van der Waals surface area contributed by atoms with Gasteiger partial charge in [-0.15, -0.1) is 0 Å². The molecule has 0 spiro atoms. The van der Waals surface area contributed by atoms with Gasteiger partial charge >= 0.3 is 0 Å². The maximum Gasteiger partial charge on any atom is 0.253 e. The first-order valence-electron chi connectivity index (χ1n) is 12.9. The Morgan fingerprint density at radius 3 is 2.37 bits per heavy atom. The highest BCUT2D eigenvalue weighted by Crippen LogP contribution is 2.36. The van der Waals surface area contributed by atoms with E-state index in [9.17, 15) is 9.90 Å². The van der Waals surface area contributed by atoms with Gasteiger partial charge in [-0.1, -0.05) is 48.5 Å². The van der Waals surface area contributed by atoms with Gasteiger partial charge in [-0.2, -0.15) is 11.3 Å². The van der Waals surface area contributed by atoms with Crippen LogP contribution in [0.2, 0.25) is 0 Å². The number of piperidine rings is 1. The zero-order valence-corrected chi connectivity index (χ0v) is 21.2. The number of nitrogens with zero attached hydrogens (tertiary/aromatic N) is 2. The van der Waals surface area contributed by atoms with E-state index in [1.807, 2.05) is 35.2 Å². The maximum absolute atomic E-state index is 13.2. The van der Waals surface area contributed by atoms with E-state index in [0.29, 0.717) is 11.8 Å². The van der Waals surface area contributed by atoms with Gasteiger partial charge in [0.2, 0.25) is 0 Å². The smallest absolute Gasteiger partial charge is 0.253 e. The third-order valence-corrected chi connectivity index (χ3v) is 8.65. The Morgan fingerprint density at radius 1 is 0.971 bits per heavy atom. The minimum absolute atomic E-state index is 0.139. The summed E-state index contributed by atoms with van der Waals surface area (Å²) < 4.78 is 0. The highest BCUT2D eigenvalue weighted by Gasteiger charge is 2.39. The molecule has 2 aliphatic rings. The number of benzene rings is 2. The molecule has 5 heteroatoms. The van der Waals surface area contributed by atoms with Gasteiger partial charge in [-0.25, -0.2) is 0 Å². The number of aryl methyl sites for hydroxylation is 1. The van der Waals surface area contributed by atoms with Gasteiger partial charge in [0, 0.05) is 44.2 Å². The molecule has 2 aliphatic heterocycles. The third kappa shape index (κ3) is 6.03. The number of carbonyl (C=O) groups excluding carboxylic acids is 1. The molecule has 1 amide bonds. The molecule has 184 valence electrons. The van der Waals surface area contributed by atoms with Crippen LogP contribution in [0.5, 0.6) is 0 Å². The van der Waals surface area contributed by atoms with Gasteiger partial charge in [0.25, 0.3) is 5.91 Å². The molecule has 2 unspecified atom stereocenters. The van der Waals surface area contributed by atoms with Crippen molar-refractivity contribution in [3.63, 3.8) is 0 Å². The Balaban J connectivity index is 1.16. The topological polar surface area (TPSA) is 43.8 Å². The minimum Gasteiger partial charge on any atom is -0.390 e. The van der Waals surface area contributed by atoms with Crippen LogP contribution in [0.25, 0.3) is 0 Å². The van der Waals surface area contributed by atoms with Crippen LogP contribution in [-0.4, -0.2) is 59.1 Å². The molecule has 35 heavy (non-hydrogen) atoms. The van der Waals surface area contributed by atoms with Gasteiger partial charge < -0.3 is 14.9 Å². The summed E-state index contributed by atoms with van der Waals surface area (Å²) in [7, 11) is 0. The van der Waals surface area contributed by atoms with Crippen molar-refractivity contribution in [2.24, 2.45) is 5.92 Å². The van der Waals surface area contributed by atoms with Gasteiger partial charge in [0.05, 0.1) is 5.60 Å². The van der Waals surface area contributed by atoms with Gasteiger partial charge in [0.1, 0.15) is 0 Å². The Bertz CT molecular complexity index is 1060. The molecule has 0 aliphatic carbocycles. The maximum atomic E-state index is 13.2. The molecule has 2 saturated heterocycles. The van der Waals surface area contributed by atoms with Crippen molar-refractivity contribution in [1.82, 2.24) is 9.80 Å². The molecule has 5 rings (SSSR count). The van der Waals surface area contributed by atoms with Crippen LogP contribution in [0.3, 0.4) is 0 Å². The zero-order valence-electron chi connectivity index (χ0n) is 20.4. The lowest BCUT2D eigenvalue weighted by Gasteiger charge is -2.39. The number of aliphatic hydroxyl groups is 1. The number of thiophene rings is 1. The highest BCUT2D eigenvalue weighted by molar-refractivity contribution is 7.08. The second-order valence-corrected chi connectivity index (χ2v) is 11.1. The Morgan fingerprint density at radius 2 is 1.69 bits per heavy atom. The summed E-state index contributed by atoms with van der Waals surface area (Å²) in [6, 6.07) is 22.4. The normalized spacial score (nSPS) is 22.4. The number of hydrogen-bond donors (Lipinski definition) is 1. The van der Waals surface area contributed by atoms with Gasteiger partial charge in [-0.3, -0.25) is 4.79 Å². The van der Waals surface area contributed by atoms with Crippen molar-refractivity contribution in [3.05, 3.63) is 94.2 Å². The molecule has 0 radical (unpaired) electrons. The fourth-order valence-corrected chi connectivity index (χ4v) is 6.57. The lowest BCUT2D eigenvalue weighted by atomic mass is 9.84. The van der Waals surface area contributed by atoms with Gasteiger partial charge in [0.15, 0.2) is 0 Å². The second-order valence-electron chi connectivity index (χ2n) is 10.4. The average molecular weight is 489 g/mol. The van der Waals surface area contributed by atoms with Crippen LogP contribution >= 0.6 is 11.3 Å². The quantitative estimate of drug-likeness (QED) is 0.458. The molecule has 2 atom stereocenters. The first kappa shape index (κ1) is 24.2. The van der Waals surface area contributed by atoms with Crippen molar-refractivity contribution >= 4 is 17.2 Å². The van der Waals surface area contributed by atoms with Crippen LogP contribution in [-0.2, 0) is 6.42 Å². The zero-order chi connectivity index (χ0) is 24.1. The second kappa shape index (κ2) is 11.1. The summed E-state index contributed by atoms with van der Waals surface area (Å²) in [5.41, 5.74) is 2.95. The first-order chi connectivity index (χ1) is 17.1. The fourth-order valence-electron chi connectivity index (χ4n) is 5.85. The Labute approximate surface area is 213 Å². The lowest BCUT2D eigenvalue weighted by Crippen LogP contribution is -2.46. The Kier molecular flexibility index (Phi) is 7.66. The molecule has 1 N–H and O–H groups in total. The van der Waals surface area contributed by atoms with E-state index in [4.69, 9.17) is 0 Å². The monoisotopic (exact) mass is 488 g/mol. The van der Waals surface area contributed by atoms with Crippen molar-refractivity contribution in [2.75, 3.05) is 32.7 Å². The number of amides is 1. The molecule has 2 aromatic carbocycles. The molecule has 4 nitrogen and oxygen atoms in total. The van der Waals surface area contributed by atoms with E-state index in [-0.39, 0.29) is 5.91 Å². The lowest BCUT2D eigenvalue weighted by molar-refractivity contribution is -0.0315. The number of rotatable bonds is 8. The predicted octanol–water partition coefficient (Wildman–Crippen LogP) is 5.45. The summed E-state index contributed by atoms with van der Waals surface area (Å²) in [5.74, 6) is 0.932. The molecule has 3 heterocycles. The van der Waals surface area contributed by atoms with Crippen LogP contribution < -0.4 is 0 Å². The predicted molar refractivity (Wildman–Crippen MR) is 143 cm³/mol. The largest absolute Gasteiger partial charge is 0.390 e. The molecule has 3 aromatic rings. The van der Waals surface area contributed by atoms with E-state index < -0.39 is 5.60 Å². The van der Waals surface area contributed by atoms with E-state index in [0.717, 1.165) is 70.4 Å². The summed E-state index contributed by atoms with van der Waals surface area (Å²) in [4.78, 5) is 17.7. The third-order valence-electron chi connectivity index (χ3n) is 7.95. The van der Waals surface area contributed by atoms with Crippen LogP contribution in [0.15, 0.2) is 77.5 Å². The summed E-state index contributed by atoms with van der Waals surface area (Å²) in [5, 5.41) is 15.6. The van der Waals surface area contributed by atoms with Crippen molar-refractivity contribution in [3.8, 4) is 0 Å². The first-order valence-corrected chi connectivity index (χ1v) is 13.9. The van der Waals surface area contributed by atoms with Crippen LogP contribution in [0.1, 0.15) is 53.1 Å². The molecule has 2 fully saturated rings. The number of likely N-dealkylation sites (tertiary alicyclic amines) is 2. The number of carbonyl (C=O) groups is 1. The summed E-state index contributed by atoms with van der Waals surface area (Å²) >= 11 is 1.74. The van der Waals surface area contributed by atoms with Crippen molar-refractivity contribution in [1.29, 1.82) is 0 Å². The summed E-state index contributed by atoms with van der Waals surface area (Å²) in [6.07, 6.45) is 4.60. The van der Waals surface area contributed by atoms with Crippen LogP contribution in [0, 0.1) is 5.92 Å². The molecular formula is C30H36N2O2S. The summed E-state index contributed by atoms with van der Waals surface area (Å²) in [6.45, 7) is 4.43. The van der Waals surface area contributed by atoms with E-state index >= 15 is 0 Å². The minimum atomic E-state index is -0.539. The standard InChI is InChI=1S/C30H36N2O2S/c33-29(25-11-5-2-6-12-25)32-21-27(28(22-32)26-13-19-35-23-26)20-31-17-15-30(34,16-18-31)14-7-10-24-8-3-1-4-9-24/h1-6,8-9,11-13,19,23,27-28,34H,7,10,14-18,20-22H2. The highest BCUT2D eigenvalue weighted by atomic mass is 32.1. The molecule has 1 aromatic heterocycles. The Hall–Kier alpha value is -2.47. The number of hydrogen-bond acceptors (Lipinski definition) is 4. The average Bonchev–Trinajstić information content (AvgIpc) is 3.57. The van der Waals surface area contributed by atoms with E-state index in [1.165, 1.54) is 11.1 Å². The van der Waals surface area contributed by atoms with Crippen molar-refractivity contribution < 1.29 is 9.90 Å². The van der Waals surface area contributed by atoms with E-state index in [2.05, 4.69) is 52.1 Å². The van der Waals surface area contributed by atoms with Gasteiger partial charge in [-0.05, 0) is 78.1 Å². The SMILES string of the molecule is O=C(c1ccccc1)N1CC(CN2CCC(O)(CCCc3ccccc3)CC2)C(c2ccsc2)C1. The van der Waals surface area contributed by atoms with E-state index in [1.54, 1.807) is 11.3 Å². The fraction of sp³-hybridized carbons (Fsp3) is 0.433. The molecule has 0 saturated carbocycles. The van der Waals surface area contributed by atoms with Crippen molar-refractivity contribution in [2.45, 2.75) is 43.6 Å². The molecular weight excluding hydrogens is 452 g/mol. The molecule has 0 bridgehead atoms.